The molecule has 11 heteroatoms. The zero-order valence-corrected chi connectivity index (χ0v) is 24.4. The number of hydrogen-bond acceptors (Lipinski definition) is 9. The molecule has 1 aliphatic heterocycles. The maximum Gasteiger partial charge on any atom is 0.265 e. The summed E-state index contributed by atoms with van der Waals surface area (Å²) in [6, 6.07) is 19.9. The zero-order valence-electron chi connectivity index (χ0n) is 22.8. The molecule has 2 aromatic carbocycles. The van der Waals surface area contributed by atoms with Gasteiger partial charge in [0.05, 0.1) is 29.5 Å². The molecule has 0 aliphatic carbocycles. The number of aromatic nitrogens is 4. The molecular weight excluding hydrogens is 567 g/mol. The molecule has 2 N–H and O–H groups in total. The highest BCUT2D eigenvalue weighted by atomic mass is 32.1. The van der Waals surface area contributed by atoms with Crippen molar-refractivity contribution in [2.24, 2.45) is 0 Å². The van der Waals surface area contributed by atoms with E-state index < -0.39 is 0 Å². The minimum absolute atomic E-state index is 0.116. The molecule has 6 aromatic rings. The number of amides is 1. The van der Waals surface area contributed by atoms with E-state index in [1.807, 2.05) is 76.8 Å². The van der Waals surface area contributed by atoms with Gasteiger partial charge in [0.25, 0.3) is 5.91 Å². The number of morpholine rings is 1. The Balaban J connectivity index is 1.17. The molecule has 1 saturated heterocycles. The minimum Gasteiger partial charge on any atom is -0.378 e. The molecule has 9 nitrogen and oxygen atoms in total. The second kappa shape index (κ2) is 11.4. The van der Waals surface area contributed by atoms with E-state index in [1.54, 1.807) is 17.5 Å². The highest BCUT2D eigenvalue weighted by Gasteiger charge is 2.20. The van der Waals surface area contributed by atoms with E-state index in [-0.39, 0.29) is 5.91 Å². The van der Waals surface area contributed by atoms with Gasteiger partial charge in [0, 0.05) is 53.5 Å². The van der Waals surface area contributed by atoms with Crippen LogP contribution in [0, 0.1) is 6.92 Å². The van der Waals surface area contributed by atoms with Gasteiger partial charge in [-0.3, -0.25) is 9.20 Å². The third kappa shape index (κ3) is 5.25. The molecule has 0 spiro atoms. The first kappa shape index (κ1) is 26.3. The SMILES string of the molecule is Cc1ccsc1C(=O)Nc1cccc(-c2nc3sccn3c2-c2ccnc(Nc3ccc(N4CCOCC4)cc3)n2)c1. The molecule has 5 heterocycles. The number of rotatable bonds is 7. The Kier molecular flexibility index (Phi) is 7.12. The van der Waals surface area contributed by atoms with Crippen molar-refractivity contribution in [1.82, 2.24) is 19.4 Å². The lowest BCUT2D eigenvalue weighted by Gasteiger charge is -2.28. The fraction of sp³-hybridized carbons (Fsp3) is 0.161. The predicted molar refractivity (Wildman–Crippen MR) is 169 cm³/mol. The highest BCUT2D eigenvalue weighted by Crippen LogP contribution is 2.35. The second-order valence-corrected chi connectivity index (χ2v) is 11.7. The molecule has 0 radical (unpaired) electrons. The van der Waals surface area contributed by atoms with Crippen molar-refractivity contribution in [2.45, 2.75) is 6.92 Å². The number of thiazole rings is 1. The van der Waals surface area contributed by atoms with Crippen molar-refractivity contribution >= 4 is 56.6 Å². The Hall–Kier alpha value is -4.58. The summed E-state index contributed by atoms with van der Waals surface area (Å²) in [4.78, 5) is 31.1. The number of ether oxygens (including phenoxy) is 1. The highest BCUT2D eigenvalue weighted by molar-refractivity contribution is 7.15. The summed E-state index contributed by atoms with van der Waals surface area (Å²) < 4.78 is 7.52. The Morgan fingerprint density at radius 1 is 0.952 bits per heavy atom. The van der Waals surface area contributed by atoms with E-state index in [9.17, 15) is 4.79 Å². The number of carbonyl (C=O) groups is 1. The maximum absolute atomic E-state index is 12.9. The summed E-state index contributed by atoms with van der Waals surface area (Å²) >= 11 is 3.00. The van der Waals surface area contributed by atoms with Gasteiger partial charge in [-0.25, -0.2) is 15.0 Å². The molecular formula is C31H27N7O2S2. The van der Waals surface area contributed by atoms with Crippen LogP contribution in [0.2, 0.25) is 0 Å². The van der Waals surface area contributed by atoms with Crippen LogP contribution in [0.25, 0.3) is 27.6 Å². The van der Waals surface area contributed by atoms with Crippen LogP contribution in [0.4, 0.5) is 23.0 Å². The molecule has 42 heavy (non-hydrogen) atoms. The van der Waals surface area contributed by atoms with Crippen LogP contribution >= 0.6 is 22.7 Å². The Morgan fingerprint density at radius 3 is 2.62 bits per heavy atom. The third-order valence-corrected chi connectivity index (χ3v) is 8.89. The fourth-order valence-corrected chi connectivity index (χ4v) is 6.56. The first-order chi connectivity index (χ1) is 20.6. The smallest absolute Gasteiger partial charge is 0.265 e. The van der Waals surface area contributed by atoms with Gasteiger partial charge in [-0.1, -0.05) is 12.1 Å². The standard InChI is InChI=1S/C31H27N7O2S2/c1-20-10-17-41-28(20)29(39)33-23-4-2-3-21(19-23)26-27(38-14-18-42-31(38)36-26)25-9-11-32-30(35-25)34-22-5-7-24(8-6-22)37-12-15-40-16-13-37/h2-11,14,17-19H,12-13,15-16H2,1H3,(H,33,39)(H,32,34,35). The molecule has 4 aromatic heterocycles. The number of imidazole rings is 1. The van der Waals surface area contributed by atoms with Crippen LogP contribution in [-0.2, 0) is 4.74 Å². The topological polar surface area (TPSA) is 96.7 Å². The van der Waals surface area contributed by atoms with Crippen LogP contribution in [0.3, 0.4) is 0 Å². The van der Waals surface area contributed by atoms with E-state index in [2.05, 4.69) is 32.7 Å². The van der Waals surface area contributed by atoms with Crippen LogP contribution in [0.15, 0.2) is 83.8 Å². The quantitative estimate of drug-likeness (QED) is 0.212. The van der Waals surface area contributed by atoms with Crippen molar-refractivity contribution in [2.75, 3.05) is 41.8 Å². The Labute approximate surface area is 250 Å². The number of thiophene rings is 1. The average molecular weight is 594 g/mol. The van der Waals surface area contributed by atoms with Crippen molar-refractivity contribution in [3.8, 4) is 22.6 Å². The van der Waals surface area contributed by atoms with E-state index in [1.165, 1.54) is 17.0 Å². The molecule has 1 amide bonds. The Bertz CT molecular complexity index is 1870. The Morgan fingerprint density at radius 2 is 1.81 bits per heavy atom. The summed E-state index contributed by atoms with van der Waals surface area (Å²) in [6.07, 6.45) is 3.75. The number of nitrogens with one attached hydrogen (secondary N) is 2. The van der Waals surface area contributed by atoms with Crippen molar-refractivity contribution in [1.29, 1.82) is 0 Å². The van der Waals surface area contributed by atoms with Gasteiger partial charge in [0.2, 0.25) is 5.95 Å². The van der Waals surface area contributed by atoms with Crippen LogP contribution in [0.5, 0.6) is 0 Å². The summed E-state index contributed by atoms with van der Waals surface area (Å²) in [5, 5.41) is 10.3. The zero-order chi connectivity index (χ0) is 28.5. The number of aryl methyl sites for hydroxylation is 1. The van der Waals surface area contributed by atoms with Gasteiger partial charge in [-0.05, 0) is 66.4 Å². The van der Waals surface area contributed by atoms with Gasteiger partial charge in [-0.2, -0.15) is 0 Å². The van der Waals surface area contributed by atoms with Gasteiger partial charge in [0.1, 0.15) is 5.69 Å². The number of fused-ring (bicyclic) bond motifs is 1. The molecule has 0 atom stereocenters. The number of benzene rings is 2. The molecule has 1 aliphatic rings. The maximum atomic E-state index is 12.9. The number of anilines is 4. The number of nitrogens with zero attached hydrogens (tertiary/aromatic N) is 5. The monoisotopic (exact) mass is 593 g/mol. The van der Waals surface area contributed by atoms with E-state index in [4.69, 9.17) is 14.7 Å². The first-order valence-corrected chi connectivity index (χ1v) is 15.3. The lowest BCUT2D eigenvalue weighted by molar-refractivity contribution is 0.103. The summed E-state index contributed by atoms with van der Waals surface area (Å²) in [5.74, 6) is 0.380. The largest absolute Gasteiger partial charge is 0.378 e. The van der Waals surface area contributed by atoms with Crippen molar-refractivity contribution in [3.05, 3.63) is 94.3 Å². The molecule has 0 bridgehead atoms. The van der Waals surface area contributed by atoms with Gasteiger partial charge in [-0.15, -0.1) is 22.7 Å². The molecule has 0 unspecified atom stereocenters. The van der Waals surface area contributed by atoms with Crippen LogP contribution in [-0.4, -0.2) is 51.6 Å². The molecule has 210 valence electrons. The van der Waals surface area contributed by atoms with Gasteiger partial charge < -0.3 is 20.3 Å². The van der Waals surface area contributed by atoms with Crippen LogP contribution < -0.4 is 15.5 Å². The lowest BCUT2D eigenvalue weighted by Crippen LogP contribution is -2.36. The van der Waals surface area contributed by atoms with E-state index in [0.717, 1.165) is 65.2 Å². The lowest BCUT2D eigenvalue weighted by atomic mass is 10.1. The number of carbonyl (C=O) groups excluding carboxylic acids is 1. The van der Waals surface area contributed by atoms with Crippen molar-refractivity contribution in [3.63, 3.8) is 0 Å². The van der Waals surface area contributed by atoms with Crippen LogP contribution in [0.1, 0.15) is 15.2 Å². The van der Waals surface area contributed by atoms with E-state index in [0.29, 0.717) is 16.5 Å². The second-order valence-electron chi connectivity index (χ2n) is 9.87. The first-order valence-electron chi connectivity index (χ1n) is 13.6. The fourth-order valence-electron chi connectivity index (χ4n) is 5.03. The van der Waals surface area contributed by atoms with Gasteiger partial charge in [0.15, 0.2) is 4.96 Å². The number of hydrogen-bond donors (Lipinski definition) is 2. The van der Waals surface area contributed by atoms with Gasteiger partial charge >= 0.3 is 0 Å². The summed E-state index contributed by atoms with van der Waals surface area (Å²) in [7, 11) is 0. The molecule has 7 rings (SSSR count). The minimum atomic E-state index is -0.116. The normalized spacial score (nSPS) is 13.4. The predicted octanol–water partition coefficient (Wildman–Crippen LogP) is 6.72. The van der Waals surface area contributed by atoms with E-state index >= 15 is 0 Å². The third-order valence-electron chi connectivity index (χ3n) is 7.12. The average Bonchev–Trinajstić information content (AvgIpc) is 3.75. The summed E-state index contributed by atoms with van der Waals surface area (Å²) in [5.41, 5.74) is 7.01. The summed E-state index contributed by atoms with van der Waals surface area (Å²) in [6.45, 7) is 5.24. The molecule has 1 fully saturated rings. The van der Waals surface area contributed by atoms with Crippen molar-refractivity contribution < 1.29 is 9.53 Å². The molecule has 0 saturated carbocycles.